The summed E-state index contributed by atoms with van der Waals surface area (Å²) in [5.41, 5.74) is 1.28. The van der Waals surface area contributed by atoms with E-state index in [9.17, 15) is 9.59 Å². The summed E-state index contributed by atoms with van der Waals surface area (Å²) in [6.45, 7) is 3.33. The molecule has 26 heavy (non-hydrogen) atoms. The van der Waals surface area contributed by atoms with E-state index in [1.54, 1.807) is 24.5 Å². The Kier molecular flexibility index (Phi) is 6.38. The first-order chi connectivity index (χ1) is 12.7. The van der Waals surface area contributed by atoms with E-state index in [0.717, 1.165) is 38.2 Å². The van der Waals surface area contributed by atoms with Crippen LogP contribution in [0.3, 0.4) is 0 Å². The molecule has 0 radical (unpaired) electrons. The van der Waals surface area contributed by atoms with Gasteiger partial charge in [0.2, 0.25) is 5.91 Å². The molecule has 0 unspecified atom stereocenters. The third-order valence-corrected chi connectivity index (χ3v) is 4.64. The summed E-state index contributed by atoms with van der Waals surface area (Å²) >= 11 is 0. The number of pyridine rings is 1. The van der Waals surface area contributed by atoms with Gasteiger partial charge in [-0.05, 0) is 50.0 Å². The van der Waals surface area contributed by atoms with Crippen molar-refractivity contribution in [2.45, 2.75) is 19.3 Å². The molecule has 2 N–H and O–H groups in total. The first kappa shape index (κ1) is 18.1. The zero-order valence-corrected chi connectivity index (χ0v) is 14.7. The molecule has 0 atom stereocenters. The number of aromatic nitrogens is 1. The van der Waals surface area contributed by atoms with Crippen LogP contribution in [0.25, 0.3) is 0 Å². The minimum atomic E-state index is -0.0896. The van der Waals surface area contributed by atoms with Crippen molar-refractivity contribution < 1.29 is 14.0 Å². The van der Waals surface area contributed by atoms with E-state index < -0.39 is 0 Å². The lowest BCUT2D eigenvalue weighted by Crippen LogP contribution is -2.39. The Morgan fingerprint density at radius 2 is 2.12 bits per heavy atom. The fourth-order valence-electron chi connectivity index (χ4n) is 3.07. The van der Waals surface area contributed by atoms with E-state index in [4.69, 9.17) is 4.42 Å². The first-order valence-electron chi connectivity index (χ1n) is 8.93. The monoisotopic (exact) mass is 356 g/mol. The van der Waals surface area contributed by atoms with Crippen molar-refractivity contribution in [3.05, 3.63) is 48.7 Å². The molecule has 2 amide bonds. The second kappa shape index (κ2) is 9.15. The second-order valence-corrected chi connectivity index (χ2v) is 6.55. The molecule has 3 rings (SSSR count). The molecule has 1 aliphatic rings. The van der Waals surface area contributed by atoms with Crippen molar-refractivity contribution in [1.82, 2.24) is 15.2 Å². The molecule has 0 aliphatic carbocycles. The maximum absolute atomic E-state index is 12.0. The van der Waals surface area contributed by atoms with Gasteiger partial charge in [0.15, 0.2) is 0 Å². The van der Waals surface area contributed by atoms with Crippen LogP contribution in [0.15, 0.2) is 47.5 Å². The molecular formula is C19H24N4O3. The summed E-state index contributed by atoms with van der Waals surface area (Å²) < 4.78 is 4.92. The van der Waals surface area contributed by atoms with E-state index in [-0.39, 0.29) is 11.8 Å². The van der Waals surface area contributed by atoms with E-state index in [1.807, 2.05) is 6.07 Å². The van der Waals surface area contributed by atoms with Gasteiger partial charge in [-0.15, -0.1) is 0 Å². The summed E-state index contributed by atoms with van der Waals surface area (Å²) in [6, 6.07) is 5.29. The zero-order valence-electron chi connectivity index (χ0n) is 14.7. The molecule has 7 heteroatoms. The van der Waals surface area contributed by atoms with Gasteiger partial charge < -0.3 is 20.0 Å². The van der Waals surface area contributed by atoms with Crippen LogP contribution in [0.4, 0.5) is 5.69 Å². The number of carbonyl (C=O) groups excluding carboxylic acids is 2. The van der Waals surface area contributed by atoms with Crippen molar-refractivity contribution in [3.8, 4) is 0 Å². The Morgan fingerprint density at radius 3 is 2.81 bits per heavy atom. The molecule has 7 nitrogen and oxygen atoms in total. The molecule has 138 valence electrons. The molecular weight excluding hydrogens is 332 g/mol. The Hall–Kier alpha value is -2.67. The number of hydrogen-bond donors (Lipinski definition) is 2. The number of amides is 2. The van der Waals surface area contributed by atoms with Crippen LogP contribution in [0.5, 0.6) is 0 Å². The van der Waals surface area contributed by atoms with Gasteiger partial charge in [-0.25, -0.2) is 0 Å². The van der Waals surface area contributed by atoms with Crippen LogP contribution in [-0.4, -0.2) is 47.9 Å². The number of hydrogen-bond acceptors (Lipinski definition) is 5. The third-order valence-electron chi connectivity index (χ3n) is 4.64. The third kappa shape index (κ3) is 5.42. The Morgan fingerprint density at radius 1 is 1.27 bits per heavy atom. The summed E-state index contributed by atoms with van der Waals surface area (Å²) in [7, 11) is 0. The predicted octanol–water partition coefficient (Wildman–Crippen LogP) is 2.15. The Bertz CT molecular complexity index is 695. The lowest BCUT2D eigenvalue weighted by atomic mass is 9.96. The van der Waals surface area contributed by atoms with Crippen molar-refractivity contribution in [2.75, 3.05) is 31.5 Å². The molecule has 1 fully saturated rings. The summed E-state index contributed by atoms with van der Waals surface area (Å²) in [4.78, 5) is 30.2. The van der Waals surface area contributed by atoms with E-state index in [0.29, 0.717) is 24.4 Å². The van der Waals surface area contributed by atoms with Gasteiger partial charge in [0.25, 0.3) is 5.91 Å². The van der Waals surface area contributed by atoms with Crippen LogP contribution in [-0.2, 0) is 4.79 Å². The van der Waals surface area contributed by atoms with Crippen molar-refractivity contribution in [3.63, 3.8) is 0 Å². The minimum Gasteiger partial charge on any atom is -0.472 e. The number of furan rings is 1. The zero-order chi connectivity index (χ0) is 18.2. The summed E-state index contributed by atoms with van der Waals surface area (Å²) in [5, 5.41) is 5.81. The predicted molar refractivity (Wildman–Crippen MR) is 97.7 cm³/mol. The van der Waals surface area contributed by atoms with Crippen molar-refractivity contribution in [1.29, 1.82) is 0 Å². The molecule has 0 spiro atoms. The summed E-state index contributed by atoms with van der Waals surface area (Å²) in [5.74, 6) is 0.395. The second-order valence-electron chi connectivity index (χ2n) is 6.55. The van der Waals surface area contributed by atoms with Crippen LogP contribution >= 0.6 is 0 Å². The van der Waals surface area contributed by atoms with Gasteiger partial charge in [-0.2, -0.15) is 0 Å². The lowest BCUT2D eigenvalue weighted by Gasteiger charge is -2.31. The molecule has 2 aromatic rings. The topological polar surface area (TPSA) is 87.5 Å². The highest BCUT2D eigenvalue weighted by atomic mass is 16.3. The average Bonchev–Trinajstić information content (AvgIpc) is 3.21. The fourth-order valence-corrected chi connectivity index (χ4v) is 3.07. The van der Waals surface area contributed by atoms with Gasteiger partial charge in [-0.3, -0.25) is 14.6 Å². The number of nitrogens with one attached hydrogen (secondary N) is 2. The van der Waals surface area contributed by atoms with Gasteiger partial charge in [0.05, 0.1) is 23.7 Å². The van der Waals surface area contributed by atoms with Crippen molar-refractivity contribution >= 4 is 17.5 Å². The molecule has 3 heterocycles. The lowest BCUT2D eigenvalue weighted by molar-refractivity contribution is -0.116. The van der Waals surface area contributed by atoms with Crippen LogP contribution < -0.4 is 10.6 Å². The molecule has 2 aromatic heterocycles. The molecule has 1 aliphatic heterocycles. The Balaban J connectivity index is 1.31. The standard InChI is InChI=1S/C19H24N4O3/c24-18(22-17-2-1-7-20-13-17)5-10-23-8-3-15(4-9-23)12-21-19(25)16-6-11-26-14-16/h1-2,6-7,11,13-15H,3-5,8-10,12H2,(H,21,25)(H,22,24). The molecule has 0 saturated carbocycles. The highest BCUT2D eigenvalue weighted by molar-refractivity contribution is 5.93. The Labute approximate surface area is 152 Å². The number of likely N-dealkylation sites (tertiary alicyclic amines) is 1. The number of nitrogens with zero attached hydrogens (tertiary/aromatic N) is 2. The minimum absolute atomic E-state index is 0.00694. The highest BCUT2D eigenvalue weighted by Crippen LogP contribution is 2.17. The number of anilines is 1. The quantitative estimate of drug-likeness (QED) is 0.794. The van der Waals surface area contributed by atoms with Crippen molar-refractivity contribution in [2.24, 2.45) is 5.92 Å². The smallest absolute Gasteiger partial charge is 0.254 e. The highest BCUT2D eigenvalue weighted by Gasteiger charge is 2.20. The fraction of sp³-hybridized carbons (Fsp3) is 0.421. The van der Waals surface area contributed by atoms with Gasteiger partial charge in [0, 0.05) is 25.7 Å². The maximum Gasteiger partial charge on any atom is 0.254 e. The van der Waals surface area contributed by atoms with Gasteiger partial charge >= 0.3 is 0 Å². The van der Waals surface area contributed by atoms with E-state index >= 15 is 0 Å². The number of rotatable bonds is 7. The number of carbonyl (C=O) groups is 2. The maximum atomic E-state index is 12.0. The van der Waals surface area contributed by atoms with Gasteiger partial charge in [-0.1, -0.05) is 0 Å². The van der Waals surface area contributed by atoms with E-state index in [2.05, 4.69) is 20.5 Å². The van der Waals surface area contributed by atoms with E-state index in [1.165, 1.54) is 12.5 Å². The number of piperidine rings is 1. The van der Waals surface area contributed by atoms with Gasteiger partial charge in [0.1, 0.15) is 6.26 Å². The SMILES string of the molecule is O=C(CCN1CCC(CNC(=O)c2ccoc2)CC1)Nc1cccnc1. The largest absolute Gasteiger partial charge is 0.472 e. The molecule has 0 aromatic carbocycles. The first-order valence-corrected chi connectivity index (χ1v) is 8.93. The molecule has 1 saturated heterocycles. The van der Waals surface area contributed by atoms with Crippen LogP contribution in [0, 0.1) is 5.92 Å². The summed E-state index contributed by atoms with van der Waals surface area (Å²) in [6.07, 6.45) is 8.79. The molecule has 0 bridgehead atoms. The van der Waals surface area contributed by atoms with Crippen LogP contribution in [0.1, 0.15) is 29.6 Å². The normalized spacial score (nSPS) is 15.5. The van der Waals surface area contributed by atoms with Crippen LogP contribution in [0.2, 0.25) is 0 Å². The average molecular weight is 356 g/mol.